The zero-order valence-electron chi connectivity index (χ0n) is 15.7. The van der Waals surface area contributed by atoms with E-state index in [0.717, 1.165) is 36.2 Å². The molecule has 0 amide bonds. The molecule has 0 unspecified atom stereocenters. The van der Waals surface area contributed by atoms with Crippen molar-refractivity contribution in [1.29, 1.82) is 0 Å². The predicted molar refractivity (Wildman–Crippen MR) is 111 cm³/mol. The molecule has 1 fully saturated rings. The number of rotatable bonds is 4. The van der Waals surface area contributed by atoms with E-state index in [4.69, 9.17) is 4.42 Å². The summed E-state index contributed by atoms with van der Waals surface area (Å²) in [5.74, 6) is 1.24. The molecule has 1 aromatic heterocycles. The molecule has 0 radical (unpaired) electrons. The third-order valence-electron chi connectivity index (χ3n) is 4.96. The second kappa shape index (κ2) is 7.82. The summed E-state index contributed by atoms with van der Waals surface area (Å²) in [5, 5.41) is 8.43. The lowest BCUT2D eigenvalue weighted by Crippen LogP contribution is -2.46. The van der Waals surface area contributed by atoms with Gasteiger partial charge in [-0.15, -0.1) is 10.2 Å². The van der Waals surface area contributed by atoms with Gasteiger partial charge in [0.15, 0.2) is 0 Å². The summed E-state index contributed by atoms with van der Waals surface area (Å²) < 4.78 is 6.87. The number of benzene rings is 2. The molecule has 3 aromatic rings. The molecule has 0 N–H and O–H groups in total. The third kappa shape index (κ3) is 4.22. The van der Waals surface area contributed by atoms with Crippen LogP contribution in [0.5, 0.6) is 0 Å². The van der Waals surface area contributed by atoms with Gasteiger partial charge in [-0.2, -0.15) is 0 Å². The molecule has 1 aliphatic heterocycles. The zero-order valence-corrected chi connectivity index (χ0v) is 17.2. The molecular weight excluding hydrogens is 404 g/mol. The Morgan fingerprint density at radius 3 is 2.56 bits per heavy atom. The summed E-state index contributed by atoms with van der Waals surface area (Å²) in [7, 11) is 0. The molecule has 0 aliphatic carbocycles. The maximum absolute atomic E-state index is 5.87. The average molecular weight is 427 g/mol. The molecule has 4 rings (SSSR count). The highest BCUT2D eigenvalue weighted by molar-refractivity contribution is 9.10. The highest BCUT2D eigenvalue weighted by Crippen LogP contribution is 2.24. The van der Waals surface area contributed by atoms with Crippen LogP contribution in [0.15, 0.2) is 51.4 Å². The largest absolute Gasteiger partial charge is 0.419 e. The van der Waals surface area contributed by atoms with Crippen molar-refractivity contribution in [3.63, 3.8) is 0 Å². The van der Waals surface area contributed by atoms with E-state index >= 15 is 0 Å². The van der Waals surface area contributed by atoms with Crippen molar-refractivity contribution in [2.45, 2.75) is 20.4 Å². The molecule has 0 bridgehead atoms. The number of hydrogen-bond acceptors (Lipinski definition) is 5. The maximum atomic E-state index is 5.87. The fourth-order valence-corrected chi connectivity index (χ4v) is 3.95. The summed E-state index contributed by atoms with van der Waals surface area (Å²) >= 11 is 3.48. The normalized spacial score (nSPS) is 15.3. The topological polar surface area (TPSA) is 45.4 Å². The van der Waals surface area contributed by atoms with Crippen molar-refractivity contribution in [1.82, 2.24) is 15.1 Å². The highest BCUT2D eigenvalue weighted by atomic mass is 79.9. The minimum Gasteiger partial charge on any atom is -0.419 e. The number of nitrogens with zero attached hydrogens (tertiary/aromatic N) is 4. The van der Waals surface area contributed by atoms with Crippen LogP contribution in [0.2, 0.25) is 0 Å². The smallest absolute Gasteiger partial charge is 0.247 e. The lowest BCUT2D eigenvalue weighted by molar-refractivity contribution is 0.227. The van der Waals surface area contributed by atoms with Crippen LogP contribution in [0.4, 0.5) is 5.69 Å². The van der Waals surface area contributed by atoms with Gasteiger partial charge in [-0.1, -0.05) is 39.7 Å². The Morgan fingerprint density at radius 1 is 1.00 bits per heavy atom. The van der Waals surface area contributed by atoms with E-state index in [0.29, 0.717) is 18.3 Å². The summed E-state index contributed by atoms with van der Waals surface area (Å²) in [6, 6.07) is 14.6. The quantitative estimate of drug-likeness (QED) is 0.616. The van der Waals surface area contributed by atoms with Gasteiger partial charge in [-0.05, 0) is 43.7 Å². The molecule has 1 saturated heterocycles. The Bertz CT molecular complexity index is 931. The van der Waals surface area contributed by atoms with Crippen molar-refractivity contribution in [3.05, 3.63) is 64.0 Å². The van der Waals surface area contributed by atoms with E-state index in [2.05, 4.69) is 68.0 Å². The van der Waals surface area contributed by atoms with E-state index in [-0.39, 0.29) is 0 Å². The van der Waals surface area contributed by atoms with Gasteiger partial charge in [0.1, 0.15) is 0 Å². The molecule has 5 nitrogen and oxygen atoms in total. The van der Waals surface area contributed by atoms with Crippen LogP contribution in [-0.4, -0.2) is 41.3 Å². The molecule has 6 heteroatoms. The zero-order chi connectivity index (χ0) is 18.8. The first kappa shape index (κ1) is 18.2. The van der Waals surface area contributed by atoms with Crippen LogP contribution >= 0.6 is 15.9 Å². The van der Waals surface area contributed by atoms with E-state index in [9.17, 15) is 0 Å². The standard InChI is InChI=1S/C21H23BrN4O/c1-15-6-7-19(16(2)12-15)26-10-8-25(9-11-26)14-20-23-24-21(27-20)17-4-3-5-18(22)13-17/h3-7,12-13H,8-11,14H2,1-2H3. The summed E-state index contributed by atoms with van der Waals surface area (Å²) in [6.45, 7) is 9.02. The van der Waals surface area contributed by atoms with Crippen molar-refractivity contribution in [2.75, 3.05) is 31.1 Å². The fraction of sp³-hybridized carbons (Fsp3) is 0.333. The molecule has 27 heavy (non-hydrogen) atoms. The van der Waals surface area contributed by atoms with Gasteiger partial charge in [-0.25, -0.2) is 0 Å². The summed E-state index contributed by atoms with van der Waals surface area (Å²) in [4.78, 5) is 4.84. The number of aryl methyl sites for hydroxylation is 2. The van der Waals surface area contributed by atoms with Crippen LogP contribution in [0.1, 0.15) is 17.0 Å². The number of piperazine rings is 1. The third-order valence-corrected chi connectivity index (χ3v) is 5.46. The van der Waals surface area contributed by atoms with Gasteiger partial charge in [0.05, 0.1) is 6.54 Å². The Labute approximate surface area is 168 Å². The monoisotopic (exact) mass is 426 g/mol. The van der Waals surface area contributed by atoms with E-state index in [1.54, 1.807) is 0 Å². The van der Waals surface area contributed by atoms with Crippen molar-refractivity contribution in [3.8, 4) is 11.5 Å². The lowest BCUT2D eigenvalue weighted by Gasteiger charge is -2.36. The molecule has 140 valence electrons. The Balaban J connectivity index is 1.37. The first-order valence-corrected chi connectivity index (χ1v) is 10.0. The minimum absolute atomic E-state index is 0.570. The average Bonchev–Trinajstić information content (AvgIpc) is 3.11. The molecule has 0 atom stereocenters. The number of aromatic nitrogens is 2. The van der Waals surface area contributed by atoms with E-state index < -0.39 is 0 Å². The maximum Gasteiger partial charge on any atom is 0.247 e. The predicted octanol–water partition coefficient (Wildman–Crippen LogP) is 4.44. The second-order valence-electron chi connectivity index (χ2n) is 7.06. The first-order chi connectivity index (χ1) is 13.1. The van der Waals surface area contributed by atoms with Gasteiger partial charge >= 0.3 is 0 Å². The van der Waals surface area contributed by atoms with Gasteiger partial charge in [0.25, 0.3) is 0 Å². The molecule has 2 aromatic carbocycles. The lowest BCUT2D eigenvalue weighted by atomic mass is 10.1. The van der Waals surface area contributed by atoms with Crippen molar-refractivity contribution in [2.24, 2.45) is 0 Å². The van der Waals surface area contributed by atoms with Crippen LogP contribution in [-0.2, 0) is 6.54 Å². The van der Waals surface area contributed by atoms with Crippen LogP contribution in [0.3, 0.4) is 0 Å². The fourth-order valence-electron chi connectivity index (χ4n) is 3.55. The Morgan fingerprint density at radius 2 is 1.81 bits per heavy atom. The molecule has 1 aliphatic rings. The number of hydrogen-bond donors (Lipinski definition) is 0. The molecule has 0 spiro atoms. The number of halogens is 1. The van der Waals surface area contributed by atoms with E-state index in [1.165, 1.54) is 16.8 Å². The second-order valence-corrected chi connectivity index (χ2v) is 7.98. The Kier molecular flexibility index (Phi) is 5.27. The Hall–Kier alpha value is -2.18. The highest BCUT2D eigenvalue weighted by Gasteiger charge is 2.20. The summed E-state index contributed by atoms with van der Waals surface area (Å²) in [5.41, 5.74) is 4.93. The molecular formula is C21H23BrN4O. The number of anilines is 1. The van der Waals surface area contributed by atoms with Crippen LogP contribution < -0.4 is 4.90 Å². The van der Waals surface area contributed by atoms with Crippen LogP contribution in [0, 0.1) is 13.8 Å². The SMILES string of the molecule is Cc1ccc(N2CCN(Cc3nnc(-c4cccc(Br)c4)o3)CC2)c(C)c1. The minimum atomic E-state index is 0.570. The van der Waals surface area contributed by atoms with Crippen molar-refractivity contribution >= 4 is 21.6 Å². The van der Waals surface area contributed by atoms with E-state index in [1.807, 2.05) is 24.3 Å². The van der Waals surface area contributed by atoms with Crippen molar-refractivity contribution < 1.29 is 4.42 Å². The van der Waals surface area contributed by atoms with Gasteiger partial charge in [0, 0.05) is 41.9 Å². The first-order valence-electron chi connectivity index (χ1n) is 9.21. The molecule has 2 heterocycles. The molecule has 0 saturated carbocycles. The van der Waals surface area contributed by atoms with Crippen LogP contribution in [0.25, 0.3) is 11.5 Å². The van der Waals surface area contributed by atoms with Gasteiger partial charge in [-0.3, -0.25) is 4.90 Å². The summed E-state index contributed by atoms with van der Waals surface area (Å²) in [6.07, 6.45) is 0. The van der Waals surface area contributed by atoms with Gasteiger partial charge < -0.3 is 9.32 Å². The van der Waals surface area contributed by atoms with Gasteiger partial charge in [0.2, 0.25) is 11.8 Å².